The molecule has 1 aromatic carbocycles. The van der Waals surface area contributed by atoms with Crippen molar-refractivity contribution in [2.45, 2.75) is 6.54 Å². The molecule has 1 aromatic heterocycles. The fourth-order valence-electron chi connectivity index (χ4n) is 1.37. The molecule has 0 spiro atoms. The minimum Gasteiger partial charge on any atom is -0.399 e. The number of anilines is 1. The molecule has 0 bridgehead atoms. The average molecular weight is 302 g/mol. The van der Waals surface area contributed by atoms with Crippen molar-refractivity contribution in [1.29, 1.82) is 0 Å². The van der Waals surface area contributed by atoms with Crippen molar-refractivity contribution in [2.24, 2.45) is 0 Å². The molecule has 0 aliphatic rings. The number of benzene rings is 1. The van der Waals surface area contributed by atoms with Crippen molar-refractivity contribution in [1.82, 2.24) is 9.69 Å². The Morgan fingerprint density at radius 2 is 2.22 bits per heavy atom. The first-order chi connectivity index (χ1) is 8.58. The molecule has 1 amide bonds. The lowest BCUT2D eigenvalue weighted by molar-refractivity contribution is 0.0955. The Morgan fingerprint density at radius 1 is 1.44 bits per heavy atom. The van der Waals surface area contributed by atoms with Crippen LogP contribution in [-0.4, -0.2) is 10.3 Å². The quantitative estimate of drug-likeness (QED) is 0.857. The van der Waals surface area contributed by atoms with Gasteiger partial charge < -0.3 is 11.1 Å². The Kier molecular flexibility index (Phi) is 4.06. The van der Waals surface area contributed by atoms with E-state index in [1.54, 1.807) is 12.1 Å². The molecule has 0 aliphatic carbocycles. The minimum absolute atomic E-state index is 0.149. The van der Waals surface area contributed by atoms with Gasteiger partial charge in [0.15, 0.2) is 5.15 Å². The van der Waals surface area contributed by atoms with E-state index >= 15 is 0 Å². The molecule has 0 unspecified atom stereocenters. The van der Waals surface area contributed by atoms with Crippen molar-refractivity contribution in [3.63, 3.8) is 0 Å². The Morgan fingerprint density at radius 3 is 2.83 bits per heavy atom. The minimum atomic E-state index is -0.299. The number of carbonyl (C=O) groups is 1. The predicted octanol–water partition coefficient (Wildman–Crippen LogP) is 2.96. The van der Waals surface area contributed by atoms with Crippen molar-refractivity contribution < 1.29 is 4.79 Å². The highest BCUT2D eigenvalue weighted by Gasteiger charge is 2.16. The van der Waals surface area contributed by atoms with Gasteiger partial charge in [-0.25, -0.2) is 0 Å². The monoisotopic (exact) mass is 301 g/mol. The van der Waals surface area contributed by atoms with Gasteiger partial charge in [-0.3, -0.25) is 4.79 Å². The lowest BCUT2D eigenvalue weighted by Gasteiger charge is -2.04. The topological polar surface area (TPSA) is 68.0 Å². The largest absolute Gasteiger partial charge is 0.399 e. The second kappa shape index (κ2) is 5.56. The molecule has 18 heavy (non-hydrogen) atoms. The molecule has 2 rings (SSSR count). The molecule has 2 aromatic rings. The lowest BCUT2D eigenvalue weighted by Crippen LogP contribution is -2.22. The molecule has 0 fully saturated rings. The van der Waals surface area contributed by atoms with Crippen LogP contribution in [0.3, 0.4) is 0 Å². The average Bonchev–Trinajstić information content (AvgIpc) is 2.67. The van der Waals surface area contributed by atoms with E-state index in [0.29, 0.717) is 17.1 Å². The zero-order valence-corrected chi connectivity index (χ0v) is 11.4. The third-order valence-electron chi connectivity index (χ3n) is 2.21. The van der Waals surface area contributed by atoms with E-state index in [9.17, 15) is 4.79 Å². The molecule has 0 atom stereocenters. The van der Waals surface area contributed by atoms with Crippen LogP contribution < -0.4 is 11.1 Å². The Labute approximate surface area is 118 Å². The number of aromatic nitrogens is 1. The molecule has 1 heterocycles. The summed E-state index contributed by atoms with van der Waals surface area (Å²) in [4.78, 5) is 12.1. The van der Waals surface area contributed by atoms with Crippen LogP contribution in [0.15, 0.2) is 24.3 Å². The molecule has 4 nitrogen and oxygen atoms in total. The van der Waals surface area contributed by atoms with Gasteiger partial charge in [-0.2, -0.15) is 4.37 Å². The SMILES string of the molecule is Nc1cccc(CNC(=O)c2snc(Cl)c2Cl)c1. The first-order valence-corrected chi connectivity index (χ1v) is 6.54. The van der Waals surface area contributed by atoms with Crippen molar-refractivity contribution in [3.8, 4) is 0 Å². The first-order valence-electron chi connectivity index (χ1n) is 5.01. The third kappa shape index (κ3) is 2.93. The van der Waals surface area contributed by atoms with Crippen LogP contribution in [0, 0.1) is 0 Å². The maximum atomic E-state index is 11.8. The van der Waals surface area contributed by atoms with Crippen LogP contribution in [0.4, 0.5) is 5.69 Å². The van der Waals surface area contributed by atoms with E-state index in [4.69, 9.17) is 28.9 Å². The van der Waals surface area contributed by atoms with Crippen LogP contribution >= 0.6 is 34.7 Å². The van der Waals surface area contributed by atoms with Gasteiger partial charge in [-0.05, 0) is 29.2 Å². The number of nitrogen functional groups attached to an aromatic ring is 1. The highest BCUT2D eigenvalue weighted by Crippen LogP contribution is 2.28. The number of nitrogens with two attached hydrogens (primary N) is 1. The number of nitrogens with one attached hydrogen (secondary N) is 1. The molecule has 94 valence electrons. The van der Waals surface area contributed by atoms with E-state index in [1.807, 2.05) is 12.1 Å². The highest BCUT2D eigenvalue weighted by molar-refractivity contribution is 7.09. The molecule has 0 radical (unpaired) electrons. The summed E-state index contributed by atoms with van der Waals surface area (Å²) in [7, 11) is 0. The van der Waals surface area contributed by atoms with Gasteiger partial charge in [-0.15, -0.1) is 0 Å². The molecule has 0 aliphatic heterocycles. The van der Waals surface area contributed by atoms with Crippen LogP contribution in [0.5, 0.6) is 0 Å². The Hall–Kier alpha value is -1.30. The number of rotatable bonds is 3. The van der Waals surface area contributed by atoms with Crippen molar-refractivity contribution >= 4 is 46.3 Å². The summed E-state index contributed by atoms with van der Waals surface area (Å²) >= 11 is 12.5. The van der Waals surface area contributed by atoms with E-state index in [0.717, 1.165) is 17.1 Å². The maximum Gasteiger partial charge on any atom is 0.264 e. The predicted molar refractivity (Wildman–Crippen MR) is 74.2 cm³/mol. The number of amides is 1. The summed E-state index contributed by atoms with van der Waals surface area (Å²) in [5, 5.41) is 3.07. The Bertz CT molecular complexity index is 585. The van der Waals surface area contributed by atoms with Crippen LogP contribution in [0.1, 0.15) is 15.2 Å². The molecule has 3 N–H and O–H groups in total. The van der Waals surface area contributed by atoms with Gasteiger partial charge in [0.1, 0.15) is 9.90 Å². The van der Waals surface area contributed by atoms with Crippen molar-refractivity contribution in [2.75, 3.05) is 5.73 Å². The van der Waals surface area contributed by atoms with Gasteiger partial charge in [0.25, 0.3) is 5.91 Å². The van der Waals surface area contributed by atoms with E-state index in [2.05, 4.69) is 9.69 Å². The second-order valence-electron chi connectivity index (χ2n) is 3.54. The number of halogens is 2. The lowest BCUT2D eigenvalue weighted by atomic mass is 10.2. The second-order valence-corrected chi connectivity index (χ2v) is 5.05. The number of carbonyl (C=O) groups excluding carboxylic acids is 1. The van der Waals surface area contributed by atoms with Gasteiger partial charge in [0.05, 0.1) is 0 Å². The highest BCUT2D eigenvalue weighted by atomic mass is 35.5. The zero-order chi connectivity index (χ0) is 13.1. The zero-order valence-electron chi connectivity index (χ0n) is 9.11. The summed E-state index contributed by atoms with van der Waals surface area (Å²) in [6.07, 6.45) is 0. The van der Waals surface area contributed by atoms with Gasteiger partial charge >= 0.3 is 0 Å². The maximum absolute atomic E-state index is 11.8. The normalized spacial score (nSPS) is 10.3. The first kappa shape index (κ1) is 13.1. The van der Waals surface area contributed by atoms with Gasteiger partial charge in [-0.1, -0.05) is 35.3 Å². The number of hydrogen-bond donors (Lipinski definition) is 2. The third-order valence-corrected chi connectivity index (χ3v) is 4.00. The molecule has 0 saturated carbocycles. The molecular formula is C11H9Cl2N3OS. The summed E-state index contributed by atoms with van der Waals surface area (Å²) < 4.78 is 3.80. The molecular weight excluding hydrogens is 293 g/mol. The summed E-state index contributed by atoms with van der Waals surface area (Å²) in [5.41, 5.74) is 7.21. The summed E-state index contributed by atoms with van der Waals surface area (Å²) in [5.74, 6) is -0.299. The van der Waals surface area contributed by atoms with E-state index in [1.165, 1.54) is 0 Å². The van der Waals surface area contributed by atoms with E-state index in [-0.39, 0.29) is 16.1 Å². The number of nitrogens with zero attached hydrogens (tertiary/aromatic N) is 1. The summed E-state index contributed by atoms with van der Waals surface area (Å²) in [6, 6.07) is 7.28. The van der Waals surface area contributed by atoms with Gasteiger partial charge in [0.2, 0.25) is 0 Å². The smallest absolute Gasteiger partial charge is 0.264 e. The van der Waals surface area contributed by atoms with Crippen LogP contribution in [-0.2, 0) is 6.54 Å². The van der Waals surface area contributed by atoms with Crippen LogP contribution in [0.25, 0.3) is 0 Å². The standard InChI is InChI=1S/C11H9Cl2N3OS/c12-8-9(18-16-10(8)13)11(17)15-5-6-2-1-3-7(14)4-6/h1-4H,5,14H2,(H,15,17). The Balaban J connectivity index is 2.03. The number of hydrogen-bond acceptors (Lipinski definition) is 4. The van der Waals surface area contributed by atoms with Crippen LogP contribution in [0.2, 0.25) is 10.2 Å². The summed E-state index contributed by atoms with van der Waals surface area (Å²) in [6.45, 7) is 0.371. The molecule has 7 heteroatoms. The molecule has 0 saturated heterocycles. The van der Waals surface area contributed by atoms with E-state index < -0.39 is 0 Å². The fourth-order valence-corrected chi connectivity index (χ4v) is 2.50. The fraction of sp³-hybridized carbons (Fsp3) is 0.0909. The van der Waals surface area contributed by atoms with Crippen molar-refractivity contribution in [3.05, 3.63) is 44.9 Å². The van der Waals surface area contributed by atoms with Gasteiger partial charge in [0, 0.05) is 12.2 Å².